The highest BCUT2D eigenvalue weighted by atomic mass is 32.2. The first-order valence-corrected chi connectivity index (χ1v) is 9.09. The maximum atomic E-state index is 14.4. The van der Waals surface area contributed by atoms with Crippen LogP contribution in [0.5, 0.6) is 0 Å². The molecule has 0 heterocycles. The Balaban J connectivity index is 0. The second kappa shape index (κ2) is 8.85. The molecule has 5 nitrogen and oxygen atoms in total. The van der Waals surface area contributed by atoms with E-state index in [0.29, 0.717) is 0 Å². The van der Waals surface area contributed by atoms with Gasteiger partial charge in [-0.2, -0.15) is 26.3 Å². The molecule has 0 aliphatic rings. The summed E-state index contributed by atoms with van der Waals surface area (Å²) in [6, 6.07) is 0. The standard InChI is InChI=1S/C13H15F13O5S.CH4/c1-6(2,14)9(18,19)5-10(20,7(3,15)16)31-11(21,22)8(4,17)30-12(23,24)13(25,26)32(27,28)29;/h5H2,1-4H3,(H,27,28,29);1H4/p-1. The van der Waals surface area contributed by atoms with E-state index >= 15 is 0 Å². The molecule has 2 atom stereocenters. The maximum absolute atomic E-state index is 14.4. The third kappa shape index (κ3) is 6.74. The highest BCUT2D eigenvalue weighted by Crippen LogP contribution is 2.52. The average molecular weight is 545 g/mol. The van der Waals surface area contributed by atoms with Crippen LogP contribution in [0.1, 0.15) is 41.5 Å². The van der Waals surface area contributed by atoms with Crippen molar-refractivity contribution in [1.82, 2.24) is 0 Å². The third-order valence-corrected chi connectivity index (χ3v) is 4.62. The summed E-state index contributed by atoms with van der Waals surface area (Å²) in [7, 11) is -7.42. The number of rotatable bonds is 11. The van der Waals surface area contributed by atoms with Gasteiger partial charge in [0.05, 0.1) is 6.42 Å². The van der Waals surface area contributed by atoms with Gasteiger partial charge in [-0.05, 0) is 13.8 Å². The minimum atomic E-state index is -7.42. The summed E-state index contributed by atoms with van der Waals surface area (Å²) < 4.78 is 212. The van der Waals surface area contributed by atoms with E-state index in [1.54, 1.807) is 0 Å². The van der Waals surface area contributed by atoms with Crippen LogP contribution in [0, 0.1) is 0 Å². The lowest BCUT2D eigenvalue weighted by Crippen LogP contribution is -2.61. The predicted octanol–water partition coefficient (Wildman–Crippen LogP) is 5.76. The van der Waals surface area contributed by atoms with Gasteiger partial charge in [-0.15, -0.1) is 0 Å². The van der Waals surface area contributed by atoms with E-state index in [2.05, 4.69) is 9.47 Å². The van der Waals surface area contributed by atoms with E-state index in [0.717, 1.165) is 0 Å². The summed E-state index contributed by atoms with van der Waals surface area (Å²) in [6.45, 7) is -1.74. The summed E-state index contributed by atoms with van der Waals surface area (Å²) in [4.78, 5) is 0. The number of alkyl halides is 13. The number of ether oxygens (including phenoxy) is 2. The average Bonchev–Trinajstić information content (AvgIpc) is 2.40. The molecule has 0 fully saturated rings. The number of hydrogen-bond donors (Lipinski definition) is 0. The first kappa shape index (κ1) is 34.1. The van der Waals surface area contributed by atoms with Crippen LogP contribution in [-0.2, 0) is 19.6 Å². The van der Waals surface area contributed by atoms with Crippen molar-refractivity contribution in [3.05, 3.63) is 0 Å². The van der Waals surface area contributed by atoms with Gasteiger partial charge in [-0.3, -0.25) is 9.47 Å². The molecule has 19 heteroatoms. The smallest absolute Gasteiger partial charge is 0.436 e. The Hall–Kier alpha value is -1.08. The molecule has 202 valence electrons. The van der Waals surface area contributed by atoms with Gasteiger partial charge < -0.3 is 4.55 Å². The zero-order valence-electron chi connectivity index (χ0n) is 16.1. The minimum absolute atomic E-state index is 0. The maximum Gasteiger partial charge on any atom is 0.436 e. The molecule has 0 bridgehead atoms. The van der Waals surface area contributed by atoms with E-state index < -0.39 is 77.1 Å². The molecular weight excluding hydrogens is 527 g/mol. The van der Waals surface area contributed by atoms with Crippen LogP contribution in [0.4, 0.5) is 57.1 Å². The molecule has 0 spiro atoms. The molecule has 2 unspecified atom stereocenters. The fourth-order valence-corrected chi connectivity index (χ4v) is 1.91. The predicted molar refractivity (Wildman–Crippen MR) is 82.2 cm³/mol. The van der Waals surface area contributed by atoms with Gasteiger partial charge in [-0.25, -0.2) is 39.2 Å². The lowest BCUT2D eigenvalue weighted by molar-refractivity contribution is -0.490. The zero-order chi connectivity index (χ0) is 26.6. The topological polar surface area (TPSA) is 75.7 Å². The number of halogens is 13. The Kier molecular flexibility index (Phi) is 9.14. The molecule has 0 aromatic heterocycles. The summed E-state index contributed by atoms with van der Waals surface area (Å²) in [5, 5.41) is -6.93. The summed E-state index contributed by atoms with van der Waals surface area (Å²) in [5.74, 6) is -22.3. The lowest BCUT2D eigenvalue weighted by Gasteiger charge is -2.41. The van der Waals surface area contributed by atoms with Gasteiger partial charge in [0.25, 0.3) is 11.8 Å². The Morgan fingerprint density at radius 2 is 1.06 bits per heavy atom. The van der Waals surface area contributed by atoms with Crippen molar-refractivity contribution in [3.63, 3.8) is 0 Å². The SMILES string of the molecule is C.CC(C)(F)C(F)(F)CC(F)(OC(F)(F)C(C)(F)OC(F)(F)C(F)(F)S(=O)(=O)[O-])C(C)(F)F. The molecule has 0 amide bonds. The molecule has 0 N–H and O–H groups in total. The van der Waals surface area contributed by atoms with Crippen LogP contribution in [-0.4, -0.2) is 59.7 Å². The molecular formula is C14H18F13O5S-. The van der Waals surface area contributed by atoms with Crippen molar-refractivity contribution < 1.29 is 79.5 Å². The Bertz CT molecular complexity index is 786. The molecule has 0 saturated carbocycles. The Morgan fingerprint density at radius 3 is 1.33 bits per heavy atom. The molecule has 33 heavy (non-hydrogen) atoms. The van der Waals surface area contributed by atoms with Crippen molar-refractivity contribution in [3.8, 4) is 0 Å². The van der Waals surface area contributed by atoms with Crippen molar-refractivity contribution in [2.45, 2.75) is 88.2 Å². The zero-order valence-corrected chi connectivity index (χ0v) is 16.9. The van der Waals surface area contributed by atoms with E-state index in [1.807, 2.05) is 0 Å². The Labute approximate surface area is 178 Å². The highest BCUT2D eigenvalue weighted by Gasteiger charge is 2.73. The van der Waals surface area contributed by atoms with Crippen LogP contribution in [0.25, 0.3) is 0 Å². The molecule has 0 rings (SSSR count). The monoisotopic (exact) mass is 545 g/mol. The molecule has 0 aliphatic heterocycles. The van der Waals surface area contributed by atoms with Crippen LogP contribution < -0.4 is 0 Å². The van der Waals surface area contributed by atoms with Crippen molar-refractivity contribution >= 4 is 10.1 Å². The summed E-state index contributed by atoms with van der Waals surface area (Å²) in [6.07, 6.45) is -16.8. The van der Waals surface area contributed by atoms with E-state index in [1.165, 1.54) is 0 Å². The van der Waals surface area contributed by atoms with Gasteiger partial charge in [0.2, 0.25) is 0 Å². The van der Waals surface area contributed by atoms with E-state index in [4.69, 9.17) is 0 Å². The van der Waals surface area contributed by atoms with Crippen molar-refractivity contribution in [1.29, 1.82) is 0 Å². The molecule has 0 aromatic rings. The highest BCUT2D eigenvalue weighted by molar-refractivity contribution is 7.86. The van der Waals surface area contributed by atoms with Crippen molar-refractivity contribution in [2.75, 3.05) is 0 Å². The second-order valence-corrected chi connectivity index (χ2v) is 8.52. The third-order valence-electron chi connectivity index (χ3n) is 3.76. The Morgan fingerprint density at radius 1 is 0.697 bits per heavy atom. The first-order valence-electron chi connectivity index (χ1n) is 7.68. The van der Waals surface area contributed by atoms with Crippen LogP contribution in [0.15, 0.2) is 0 Å². The quantitative estimate of drug-likeness (QED) is 0.244. The fourth-order valence-electron chi connectivity index (χ4n) is 1.58. The largest absolute Gasteiger partial charge is 0.743 e. The van der Waals surface area contributed by atoms with Gasteiger partial charge in [0.1, 0.15) is 0 Å². The molecule has 0 radical (unpaired) electrons. The molecule has 0 aliphatic carbocycles. The van der Waals surface area contributed by atoms with Gasteiger partial charge in [0, 0.05) is 13.8 Å². The van der Waals surface area contributed by atoms with E-state index in [-0.39, 0.29) is 21.3 Å². The van der Waals surface area contributed by atoms with Crippen molar-refractivity contribution in [2.24, 2.45) is 0 Å². The molecule has 0 saturated heterocycles. The minimum Gasteiger partial charge on any atom is -0.743 e. The van der Waals surface area contributed by atoms with Crippen LogP contribution in [0.2, 0.25) is 0 Å². The fraction of sp³-hybridized carbons (Fsp3) is 1.00. The van der Waals surface area contributed by atoms with Gasteiger partial charge >= 0.3 is 29.2 Å². The van der Waals surface area contributed by atoms with Gasteiger partial charge in [0.15, 0.2) is 15.8 Å². The number of hydrogen-bond acceptors (Lipinski definition) is 5. The normalized spacial score (nSPS) is 18.8. The van der Waals surface area contributed by atoms with Gasteiger partial charge in [-0.1, -0.05) is 7.43 Å². The van der Waals surface area contributed by atoms with Crippen LogP contribution in [0.3, 0.4) is 0 Å². The lowest BCUT2D eigenvalue weighted by atomic mass is 9.93. The second-order valence-electron chi connectivity index (χ2n) is 7.10. The first-order chi connectivity index (χ1) is 13.4. The van der Waals surface area contributed by atoms with Crippen LogP contribution >= 0.6 is 0 Å². The van der Waals surface area contributed by atoms with E-state index in [9.17, 15) is 70.0 Å². The summed E-state index contributed by atoms with van der Waals surface area (Å²) in [5.41, 5.74) is -3.89. The molecule has 0 aromatic carbocycles. The summed E-state index contributed by atoms with van der Waals surface area (Å²) >= 11 is 0.